The molecular formula is C17H25N5O4. The summed E-state index contributed by atoms with van der Waals surface area (Å²) in [6.45, 7) is 6.75. The normalized spacial score (nSPS) is 18.2. The first-order valence-corrected chi connectivity index (χ1v) is 9.07. The van der Waals surface area contributed by atoms with Gasteiger partial charge in [-0.15, -0.1) is 0 Å². The van der Waals surface area contributed by atoms with E-state index < -0.39 is 0 Å². The quantitative estimate of drug-likeness (QED) is 0.550. The number of cyclic esters (lactones) is 1. The standard InChI is InChI=1S/C17H25N5O4/c1-3-4-8-25-16-18-9-13-15(20-16)22(17(24)19-13)7-5-6-21-10-12(2)26-14(23)11-21/h9,12H,3-8,10-11H2,1-2H3,(H,19,24). The topological polar surface area (TPSA) is 102 Å². The Hall–Kier alpha value is -2.42. The smallest absolute Gasteiger partial charge is 0.327 e. The number of carbonyl (C=O) groups is 1. The third-order valence-electron chi connectivity index (χ3n) is 4.27. The lowest BCUT2D eigenvalue weighted by atomic mass is 10.2. The van der Waals surface area contributed by atoms with Gasteiger partial charge in [0.1, 0.15) is 11.6 Å². The molecule has 0 spiro atoms. The van der Waals surface area contributed by atoms with Crippen molar-refractivity contribution in [1.82, 2.24) is 24.4 Å². The number of unbranched alkanes of at least 4 members (excludes halogenated alkanes) is 1. The van der Waals surface area contributed by atoms with E-state index in [2.05, 4.69) is 21.9 Å². The maximum atomic E-state index is 12.2. The summed E-state index contributed by atoms with van der Waals surface area (Å²) in [5.41, 5.74) is 0.919. The zero-order valence-corrected chi connectivity index (χ0v) is 15.2. The second kappa shape index (κ2) is 8.31. The molecule has 1 aliphatic heterocycles. The van der Waals surface area contributed by atoms with Crippen LogP contribution in [0.1, 0.15) is 33.1 Å². The third kappa shape index (κ3) is 4.40. The fraction of sp³-hybridized carbons (Fsp3) is 0.647. The van der Waals surface area contributed by atoms with Gasteiger partial charge in [-0.3, -0.25) is 14.3 Å². The molecule has 1 fully saturated rings. The van der Waals surface area contributed by atoms with Crippen molar-refractivity contribution in [3.63, 3.8) is 0 Å². The maximum absolute atomic E-state index is 12.2. The van der Waals surface area contributed by atoms with Crippen molar-refractivity contribution in [2.45, 2.75) is 45.8 Å². The SMILES string of the molecule is CCCCOc1ncc2[nH]c(=O)n(CCCN3CC(=O)OC(C)C3)c2n1. The monoisotopic (exact) mass is 363 g/mol. The van der Waals surface area contributed by atoms with Gasteiger partial charge in [-0.05, 0) is 19.8 Å². The van der Waals surface area contributed by atoms with Crippen LogP contribution in [0.5, 0.6) is 6.01 Å². The Morgan fingerprint density at radius 2 is 2.19 bits per heavy atom. The molecule has 26 heavy (non-hydrogen) atoms. The van der Waals surface area contributed by atoms with Crippen molar-refractivity contribution in [2.75, 3.05) is 26.2 Å². The van der Waals surface area contributed by atoms with Crippen LogP contribution in [0.15, 0.2) is 11.0 Å². The van der Waals surface area contributed by atoms with Gasteiger partial charge in [0.2, 0.25) is 0 Å². The van der Waals surface area contributed by atoms with Gasteiger partial charge in [0.25, 0.3) is 0 Å². The number of ether oxygens (including phenoxy) is 2. The first-order chi connectivity index (χ1) is 12.6. The minimum Gasteiger partial charge on any atom is -0.463 e. The summed E-state index contributed by atoms with van der Waals surface area (Å²) in [6, 6.07) is 0.284. The molecule has 0 saturated carbocycles. The van der Waals surface area contributed by atoms with E-state index in [4.69, 9.17) is 9.47 Å². The molecule has 3 rings (SSSR count). The van der Waals surface area contributed by atoms with E-state index in [1.54, 1.807) is 10.8 Å². The third-order valence-corrected chi connectivity index (χ3v) is 4.27. The number of nitrogens with zero attached hydrogens (tertiary/aromatic N) is 4. The van der Waals surface area contributed by atoms with E-state index in [0.29, 0.717) is 43.9 Å². The van der Waals surface area contributed by atoms with Crippen molar-refractivity contribution in [3.8, 4) is 6.01 Å². The van der Waals surface area contributed by atoms with Crippen LogP contribution in [0.3, 0.4) is 0 Å². The number of nitrogens with one attached hydrogen (secondary N) is 1. The largest absolute Gasteiger partial charge is 0.463 e. The number of rotatable bonds is 8. The van der Waals surface area contributed by atoms with Gasteiger partial charge in [0, 0.05) is 19.6 Å². The number of hydrogen-bond acceptors (Lipinski definition) is 7. The van der Waals surface area contributed by atoms with E-state index >= 15 is 0 Å². The first kappa shape index (κ1) is 18.4. The summed E-state index contributed by atoms with van der Waals surface area (Å²) >= 11 is 0. The number of H-pyrrole nitrogens is 1. The van der Waals surface area contributed by atoms with Gasteiger partial charge in [0.05, 0.1) is 19.3 Å². The minimum absolute atomic E-state index is 0.0948. The van der Waals surface area contributed by atoms with Crippen LogP contribution in [0.25, 0.3) is 11.2 Å². The number of carbonyl (C=O) groups excluding carboxylic acids is 1. The summed E-state index contributed by atoms with van der Waals surface area (Å²) in [5, 5.41) is 0. The first-order valence-electron chi connectivity index (χ1n) is 9.07. The van der Waals surface area contributed by atoms with Crippen molar-refractivity contribution in [1.29, 1.82) is 0 Å². The molecule has 0 bridgehead atoms. The van der Waals surface area contributed by atoms with Crippen LogP contribution in [-0.2, 0) is 16.1 Å². The number of aromatic nitrogens is 4. The van der Waals surface area contributed by atoms with E-state index in [1.165, 1.54) is 0 Å². The molecule has 3 heterocycles. The van der Waals surface area contributed by atoms with Gasteiger partial charge in [0.15, 0.2) is 5.65 Å². The summed E-state index contributed by atoms with van der Waals surface area (Å²) in [6.07, 6.45) is 4.16. The number of esters is 1. The van der Waals surface area contributed by atoms with Gasteiger partial charge in [-0.1, -0.05) is 13.3 Å². The highest BCUT2D eigenvalue weighted by Crippen LogP contribution is 2.12. The number of imidazole rings is 1. The second-order valence-corrected chi connectivity index (χ2v) is 6.56. The molecule has 0 radical (unpaired) electrons. The highest BCUT2D eigenvalue weighted by Gasteiger charge is 2.23. The van der Waals surface area contributed by atoms with Crippen LogP contribution in [-0.4, -0.2) is 62.7 Å². The number of hydrogen-bond donors (Lipinski definition) is 1. The van der Waals surface area contributed by atoms with E-state index in [-0.39, 0.29) is 23.8 Å². The molecule has 1 atom stereocenters. The van der Waals surface area contributed by atoms with Gasteiger partial charge in [-0.2, -0.15) is 4.98 Å². The molecule has 9 nitrogen and oxygen atoms in total. The Balaban J connectivity index is 1.64. The van der Waals surface area contributed by atoms with Crippen molar-refractivity contribution >= 4 is 17.1 Å². The van der Waals surface area contributed by atoms with Crippen LogP contribution in [0.4, 0.5) is 0 Å². The average Bonchev–Trinajstić information content (AvgIpc) is 2.90. The summed E-state index contributed by atoms with van der Waals surface area (Å²) < 4.78 is 12.3. The van der Waals surface area contributed by atoms with Crippen LogP contribution >= 0.6 is 0 Å². The Morgan fingerprint density at radius 3 is 2.96 bits per heavy atom. The Kier molecular flexibility index (Phi) is 5.87. The maximum Gasteiger partial charge on any atom is 0.327 e. The van der Waals surface area contributed by atoms with Crippen molar-refractivity contribution in [2.24, 2.45) is 0 Å². The Bertz CT molecular complexity index is 815. The zero-order valence-electron chi connectivity index (χ0n) is 15.2. The lowest BCUT2D eigenvalue weighted by Gasteiger charge is -2.30. The van der Waals surface area contributed by atoms with Crippen molar-refractivity contribution in [3.05, 3.63) is 16.7 Å². The predicted molar refractivity (Wildman–Crippen MR) is 95.2 cm³/mol. The fourth-order valence-corrected chi connectivity index (χ4v) is 3.05. The minimum atomic E-state index is -0.216. The molecule has 1 unspecified atom stereocenters. The number of morpholine rings is 1. The molecular weight excluding hydrogens is 338 g/mol. The summed E-state index contributed by atoms with van der Waals surface area (Å²) in [7, 11) is 0. The van der Waals surface area contributed by atoms with Crippen LogP contribution in [0, 0.1) is 0 Å². The summed E-state index contributed by atoms with van der Waals surface area (Å²) in [5.74, 6) is -0.199. The van der Waals surface area contributed by atoms with Crippen LogP contribution in [0.2, 0.25) is 0 Å². The molecule has 0 aliphatic carbocycles. The molecule has 2 aromatic heterocycles. The van der Waals surface area contributed by atoms with Crippen molar-refractivity contribution < 1.29 is 14.3 Å². The number of fused-ring (bicyclic) bond motifs is 1. The lowest BCUT2D eigenvalue weighted by Crippen LogP contribution is -2.44. The molecule has 0 aromatic carbocycles. The molecule has 2 aromatic rings. The van der Waals surface area contributed by atoms with Crippen LogP contribution < -0.4 is 10.4 Å². The number of aromatic amines is 1. The average molecular weight is 363 g/mol. The van der Waals surface area contributed by atoms with E-state index in [0.717, 1.165) is 19.3 Å². The fourth-order valence-electron chi connectivity index (χ4n) is 3.05. The van der Waals surface area contributed by atoms with E-state index in [9.17, 15) is 9.59 Å². The predicted octanol–water partition coefficient (Wildman–Crippen LogP) is 0.936. The molecule has 1 saturated heterocycles. The zero-order chi connectivity index (χ0) is 18.5. The Labute approximate surface area is 151 Å². The molecule has 1 aliphatic rings. The lowest BCUT2D eigenvalue weighted by molar-refractivity contribution is -0.157. The van der Waals surface area contributed by atoms with Gasteiger partial charge < -0.3 is 14.5 Å². The second-order valence-electron chi connectivity index (χ2n) is 6.56. The molecule has 1 N–H and O–H groups in total. The highest BCUT2D eigenvalue weighted by molar-refractivity contribution is 5.72. The molecule has 9 heteroatoms. The number of aryl methyl sites for hydroxylation is 1. The van der Waals surface area contributed by atoms with Gasteiger partial charge in [-0.25, -0.2) is 9.78 Å². The van der Waals surface area contributed by atoms with E-state index in [1.807, 2.05) is 11.8 Å². The summed E-state index contributed by atoms with van der Waals surface area (Å²) in [4.78, 5) is 37.0. The Morgan fingerprint density at radius 1 is 1.35 bits per heavy atom. The highest BCUT2D eigenvalue weighted by atomic mass is 16.5. The molecule has 142 valence electrons. The molecule has 0 amide bonds. The van der Waals surface area contributed by atoms with Gasteiger partial charge >= 0.3 is 17.7 Å².